The molecule has 1 aromatic rings. The third kappa shape index (κ3) is 4.43. The molecule has 25 heavy (non-hydrogen) atoms. The van der Waals surface area contributed by atoms with Gasteiger partial charge in [0.1, 0.15) is 12.4 Å². The summed E-state index contributed by atoms with van der Waals surface area (Å²) >= 11 is 0. The van der Waals surface area contributed by atoms with Crippen LogP contribution in [0, 0.1) is 10.1 Å². The molecule has 0 saturated carbocycles. The molecule has 2 rings (SSSR count). The van der Waals surface area contributed by atoms with E-state index in [-0.39, 0.29) is 35.1 Å². The summed E-state index contributed by atoms with van der Waals surface area (Å²) in [6.07, 6.45) is 1.86. The van der Waals surface area contributed by atoms with E-state index >= 15 is 0 Å². The molecule has 0 fully saturated rings. The SMILES string of the molecule is CCCC(=NOCC)C1=C(O)CC(c2ccc([N+](=O)[O-])cc2)CC1=O. The minimum atomic E-state index is -0.466. The minimum Gasteiger partial charge on any atom is -0.511 e. The van der Waals surface area contributed by atoms with Crippen LogP contribution in [0.25, 0.3) is 0 Å². The first-order valence-electron chi connectivity index (χ1n) is 8.36. The van der Waals surface area contributed by atoms with Gasteiger partial charge in [0.2, 0.25) is 0 Å². The number of carbonyl (C=O) groups excluding carboxylic acids is 1. The summed E-state index contributed by atoms with van der Waals surface area (Å²) in [5.41, 5.74) is 1.53. The van der Waals surface area contributed by atoms with E-state index in [2.05, 4.69) is 5.16 Å². The minimum absolute atomic E-state index is 0.000388. The van der Waals surface area contributed by atoms with Gasteiger partial charge in [0.05, 0.1) is 16.2 Å². The van der Waals surface area contributed by atoms with Crippen molar-refractivity contribution in [2.45, 2.75) is 45.4 Å². The van der Waals surface area contributed by atoms with Crippen LogP contribution in [0.2, 0.25) is 0 Å². The summed E-state index contributed by atoms with van der Waals surface area (Å²) in [7, 11) is 0. The van der Waals surface area contributed by atoms with Crippen LogP contribution in [-0.4, -0.2) is 28.1 Å². The average molecular weight is 346 g/mol. The van der Waals surface area contributed by atoms with E-state index in [0.717, 1.165) is 12.0 Å². The van der Waals surface area contributed by atoms with Gasteiger partial charge in [-0.3, -0.25) is 14.9 Å². The predicted octanol–water partition coefficient (Wildman–Crippen LogP) is 4.05. The molecule has 0 spiro atoms. The Morgan fingerprint density at radius 2 is 2.00 bits per heavy atom. The highest BCUT2D eigenvalue weighted by atomic mass is 16.6. The summed E-state index contributed by atoms with van der Waals surface area (Å²) in [5.74, 6) is -0.377. The molecule has 0 saturated heterocycles. The highest BCUT2D eigenvalue weighted by Gasteiger charge is 2.31. The van der Waals surface area contributed by atoms with E-state index in [1.807, 2.05) is 6.92 Å². The molecule has 0 aliphatic heterocycles. The van der Waals surface area contributed by atoms with Crippen molar-refractivity contribution in [3.05, 3.63) is 51.3 Å². The van der Waals surface area contributed by atoms with E-state index in [9.17, 15) is 20.0 Å². The standard InChI is InChI=1S/C18H22N2O5/c1-3-5-15(19-25-4-2)18-16(21)10-13(11-17(18)22)12-6-8-14(9-7-12)20(23)24/h6-9,13,21H,3-5,10-11H2,1-2H3. The number of allylic oxidation sites excluding steroid dienone is 2. The molecule has 1 aliphatic carbocycles. The Hall–Kier alpha value is -2.70. The molecular formula is C18H22N2O5. The lowest BCUT2D eigenvalue weighted by Crippen LogP contribution is -2.24. The van der Waals surface area contributed by atoms with Gasteiger partial charge in [-0.15, -0.1) is 0 Å². The molecule has 7 nitrogen and oxygen atoms in total. The Morgan fingerprint density at radius 3 is 2.52 bits per heavy atom. The molecule has 0 radical (unpaired) electrons. The van der Waals surface area contributed by atoms with Crippen molar-refractivity contribution < 1.29 is 19.7 Å². The van der Waals surface area contributed by atoms with Crippen molar-refractivity contribution in [3.63, 3.8) is 0 Å². The number of non-ortho nitro benzene ring substituents is 1. The first-order valence-corrected chi connectivity index (χ1v) is 8.36. The number of nitro groups is 1. The number of Topliss-reactive ketones (excluding diaryl/α,β-unsaturated/α-hetero) is 1. The number of benzene rings is 1. The lowest BCUT2D eigenvalue weighted by Gasteiger charge is -2.24. The predicted molar refractivity (Wildman–Crippen MR) is 93.7 cm³/mol. The van der Waals surface area contributed by atoms with Crippen LogP contribution in [0.1, 0.15) is 51.0 Å². The largest absolute Gasteiger partial charge is 0.511 e. The summed E-state index contributed by atoms with van der Waals surface area (Å²) in [5, 5.41) is 25.2. The number of ketones is 1. The van der Waals surface area contributed by atoms with E-state index in [4.69, 9.17) is 4.84 Å². The van der Waals surface area contributed by atoms with Crippen molar-refractivity contribution >= 4 is 17.2 Å². The maximum atomic E-state index is 12.6. The Kier molecular flexibility index (Phi) is 6.27. The van der Waals surface area contributed by atoms with Gasteiger partial charge >= 0.3 is 0 Å². The second-order valence-corrected chi connectivity index (χ2v) is 5.90. The van der Waals surface area contributed by atoms with Gasteiger partial charge in [-0.05, 0) is 24.8 Å². The highest BCUT2D eigenvalue weighted by molar-refractivity contribution is 6.23. The highest BCUT2D eigenvalue weighted by Crippen LogP contribution is 2.35. The number of carbonyl (C=O) groups is 1. The Morgan fingerprint density at radius 1 is 1.32 bits per heavy atom. The second-order valence-electron chi connectivity index (χ2n) is 5.90. The number of rotatable bonds is 7. The Balaban J connectivity index is 2.26. The smallest absolute Gasteiger partial charge is 0.269 e. The maximum absolute atomic E-state index is 12.6. The van der Waals surface area contributed by atoms with Crippen LogP contribution in [0.3, 0.4) is 0 Å². The normalized spacial score (nSPS) is 18.4. The molecular weight excluding hydrogens is 324 g/mol. The molecule has 7 heteroatoms. The topological polar surface area (TPSA) is 102 Å². The van der Waals surface area contributed by atoms with E-state index in [1.54, 1.807) is 19.1 Å². The molecule has 1 aromatic carbocycles. The van der Waals surface area contributed by atoms with Crippen molar-refractivity contribution in [3.8, 4) is 0 Å². The van der Waals surface area contributed by atoms with Gasteiger partial charge in [-0.1, -0.05) is 30.6 Å². The first-order chi connectivity index (χ1) is 12.0. The molecule has 1 N–H and O–H groups in total. The zero-order chi connectivity index (χ0) is 18.4. The number of hydrogen-bond acceptors (Lipinski definition) is 6. The van der Waals surface area contributed by atoms with Crippen molar-refractivity contribution in [2.75, 3.05) is 6.61 Å². The van der Waals surface area contributed by atoms with Gasteiger partial charge in [0.15, 0.2) is 5.78 Å². The molecule has 134 valence electrons. The van der Waals surface area contributed by atoms with Gasteiger partial charge in [0.25, 0.3) is 5.69 Å². The molecule has 0 aromatic heterocycles. The molecule has 1 atom stereocenters. The van der Waals surface area contributed by atoms with E-state index in [1.165, 1.54) is 12.1 Å². The average Bonchev–Trinajstić information content (AvgIpc) is 2.59. The van der Waals surface area contributed by atoms with Crippen LogP contribution in [0.4, 0.5) is 5.69 Å². The first kappa shape index (κ1) is 18.6. The van der Waals surface area contributed by atoms with Crippen LogP contribution in [0.5, 0.6) is 0 Å². The fourth-order valence-corrected chi connectivity index (χ4v) is 2.92. The lowest BCUT2D eigenvalue weighted by atomic mass is 9.81. The van der Waals surface area contributed by atoms with Crippen LogP contribution >= 0.6 is 0 Å². The maximum Gasteiger partial charge on any atom is 0.269 e. The van der Waals surface area contributed by atoms with Crippen molar-refractivity contribution in [1.82, 2.24) is 0 Å². The Labute approximate surface area is 146 Å². The van der Waals surface area contributed by atoms with Crippen molar-refractivity contribution in [1.29, 1.82) is 0 Å². The fourth-order valence-electron chi connectivity index (χ4n) is 2.92. The molecule has 1 aliphatic rings. The van der Waals surface area contributed by atoms with Crippen LogP contribution in [-0.2, 0) is 9.63 Å². The van der Waals surface area contributed by atoms with Gasteiger partial charge in [-0.2, -0.15) is 0 Å². The molecule has 0 heterocycles. The number of hydrogen-bond donors (Lipinski definition) is 1. The summed E-state index contributed by atoms with van der Waals surface area (Å²) in [6.45, 7) is 4.15. The number of oxime groups is 1. The van der Waals surface area contributed by atoms with Crippen LogP contribution in [0.15, 0.2) is 40.8 Å². The van der Waals surface area contributed by atoms with Crippen LogP contribution < -0.4 is 0 Å². The monoisotopic (exact) mass is 346 g/mol. The second kappa shape index (κ2) is 8.41. The molecule has 0 amide bonds. The van der Waals surface area contributed by atoms with Gasteiger partial charge < -0.3 is 9.94 Å². The quantitative estimate of drug-likeness (QED) is 0.456. The third-order valence-corrected chi connectivity index (χ3v) is 4.09. The van der Waals surface area contributed by atoms with Gasteiger partial charge in [-0.25, -0.2) is 0 Å². The third-order valence-electron chi connectivity index (χ3n) is 4.09. The summed E-state index contributed by atoms with van der Waals surface area (Å²) < 4.78 is 0. The van der Waals surface area contributed by atoms with Gasteiger partial charge in [0, 0.05) is 25.0 Å². The molecule has 0 bridgehead atoms. The number of nitro benzene ring substituents is 1. The zero-order valence-corrected chi connectivity index (χ0v) is 14.4. The number of nitrogens with zero attached hydrogens (tertiary/aromatic N) is 2. The Bertz CT molecular complexity index is 707. The van der Waals surface area contributed by atoms with E-state index < -0.39 is 4.92 Å². The van der Waals surface area contributed by atoms with Crippen molar-refractivity contribution in [2.24, 2.45) is 5.16 Å². The fraction of sp³-hybridized carbons (Fsp3) is 0.444. The summed E-state index contributed by atoms with van der Waals surface area (Å²) in [6, 6.07) is 6.09. The van der Waals surface area contributed by atoms with E-state index in [0.29, 0.717) is 25.2 Å². The number of aliphatic hydroxyl groups excluding tert-OH is 1. The lowest BCUT2D eigenvalue weighted by molar-refractivity contribution is -0.384. The summed E-state index contributed by atoms with van der Waals surface area (Å²) in [4.78, 5) is 27.9. The molecule has 1 unspecified atom stereocenters. The number of aliphatic hydroxyl groups is 1. The zero-order valence-electron chi connectivity index (χ0n) is 14.4.